The van der Waals surface area contributed by atoms with Gasteiger partial charge < -0.3 is 5.32 Å². The molecule has 0 fully saturated rings. The maximum absolute atomic E-state index is 10.7. The monoisotopic (exact) mass is 325 g/mol. The highest BCUT2D eigenvalue weighted by atomic mass is 32.1. The van der Waals surface area contributed by atoms with Crippen LogP contribution in [-0.2, 0) is 0 Å². The first-order valence-electron chi connectivity index (χ1n) is 7.08. The summed E-state index contributed by atoms with van der Waals surface area (Å²) in [6.07, 6.45) is 0. The molecule has 0 aliphatic carbocycles. The first-order valence-corrected chi connectivity index (χ1v) is 7.96. The molecule has 1 aromatic heterocycles. The number of hydrogen-bond acceptors (Lipinski definition) is 5. The maximum Gasteiger partial charge on any atom is 0.269 e. The lowest BCUT2D eigenvalue weighted by Gasteiger charge is -2.09. The summed E-state index contributed by atoms with van der Waals surface area (Å²) in [4.78, 5) is 14.9. The average Bonchev–Trinajstić information content (AvgIpc) is 3.00. The number of non-ortho nitro benzene ring substituents is 1. The fourth-order valence-corrected chi connectivity index (χ4v) is 3.06. The molecule has 0 bridgehead atoms. The molecule has 3 aromatic rings. The van der Waals surface area contributed by atoms with Crippen molar-refractivity contribution in [3.63, 3.8) is 0 Å². The van der Waals surface area contributed by atoms with Crippen LogP contribution >= 0.6 is 11.3 Å². The van der Waals surface area contributed by atoms with Crippen LogP contribution in [0.3, 0.4) is 0 Å². The summed E-state index contributed by atoms with van der Waals surface area (Å²) in [5, 5.41) is 16.8. The molecule has 0 aliphatic rings. The molecule has 0 spiro atoms. The van der Waals surface area contributed by atoms with E-state index in [2.05, 4.69) is 36.3 Å². The Hall–Kier alpha value is -2.73. The third-order valence-corrected chi connectivity index (χ3v) is 4.35. The van der Waals surface area contributed by atoms with Crippen LogP contribution in [0.2, 0.25) is 0 Å². The SMILES string of the molecule is Cc1cccc(C)c1Nc1nc(-c2ccc([N+](=O)[O-])cc2)cs1. The third kappa shape index (κ3) is 3.22. The van der Waals surface area contributed by atoms with E-state index in [4.69, 9.17) is 0 Å². The summed E-state index contributed by atoms with van der Waals surface area (Å²) in [6, 6.07) is 12.6. The van der Waals surface area contributed by atoms with Gasteiger partial charge in [0.05, 0.1) is 10.6 Å². The molecule has 5 nitrogen and oxygen atoms in total. The van der Waals surface area contributed by atoms with E-state index >= 15 is 0 Å². The van der Waals surface area contributed by atoms with Crippen LogP contribution < -0.4 is 5.32 Å². The van der Waals surface area contributed by atoms with Gasteiger partial charge >= 0.3 is 0 Å². The summed E-state index contributed by atoms with van der Waals surface area (Å²) in [7, 11) is 0. The number of nitrogens with zero attached hydrogens (tertiary/aromatic N) is 2. The van der Waals surface area contributed by atoms with Gasteiger partial charge in [0.25, 0.3) is 5.69 Å². The molecule has 3 rings (SSSR count). The smallest absolute Gasteiger partial charge is 0.269 e. The zero-order valence-corrected chi connectivity index (χ0v) is 13.6. The Morgan fingerprint density at radius 1 is 1.09 bits per heavy atom. The Kier molecular flexibility index (Phi) is 4.08. The van der Waals surface area contributed by atoms with Gasteiger partial charge in [0.15, 0.2) is 5.13 Å². The number of nitrogens with one attached hydrogen (secondary N) is 1. The molecular weight excluding hydrogens is 310 g/mol. The predicted octanol–water partition coefficient (Wildman–Crippen LogP) is 5.08. The zero-order chi connectivity index (χ0) is 16.4. The number of hydrogen-bond donors (Lipinski definition) is 1. The van der Waals surface area contributed by atoms with E-state index in [0.29, 0.717) is 0 Å². The quantitative estimate of drug-likeness (QED) is 0.536. The van der Waals surface area contributed by atoms with Crippen molar-refractivity contribution in [2.24, 2.45) is 0 Å². The number of thiazole rings is 1. The fourth-order valence-electron chi connectivity index (χ4n) is 2.34. The van der Waals surface area contributed by atoms with Crippen molar-refractivity contribution in [2.45, 2.75) is 13.8 Å². The Bertz CT molecular complexity index is 836. The van der Waals surface area contributed by atoms with Gasteiger partial charge in [-0.15, -0.1) is 11.3 Å². The second-order valence-corrected chi connectivity index (χ2v) is 6.09. The first-order chi connectivity index (χ1) is 11.0. The Balaban J connectivity index is 1.84. The number of para-hydroxylation sites is 1. The predicted molar refractivity (Wildman–Crippen MR) is 93.4 cm³/mol. The van der Waals surface area contributed by atoms with Crippen LogP contribution in [0, 0.1) is 24.0 Å². The van der Waals surface area contributed by atoms with E-state index < -0.39 is 4.92 Å². The number of nitro groups is 1. The molecule has 6 heteroatoms. The van der Waals surface area contributed by atoms with Gasteiger partial charge in [0, 0.05) is 28.8 Å². The van der Waals surface area contributed by atoms with Crippen LogP contribution in [0.1, 0.15) is 11.1 Å². The number of aryl methyl sites for hydroxylation is 2. The Morgan fingerprint density at radius 3 is 2.35 bits per heavy atom. The van der Waals surface area contributed by atoms with Crippen molar-refractivity contribution in [2.75, 3.05) is 5.32 Å². The number of aromatic nitrogens is 1. The molecule has 23 heavy (non-hydrogen) atoms. The van der Waals surface area contributed by atoms with E-state index in [0.717, 1.165) is 33.2 Å². The van der Waals surface area contributed by atoms with Crippen LogP contribution in [0.5, 0.6) is 0 Å². The average molecular weight is 325 g/mol. The molecule has 0 unspecified atom stereocenters. The molecule has 0 saturated heterocycles. The van der Waals surface area contributed by atoms with Gasteiger partial charge in [-0.3, -0.25) is 10.1 Å². The van der Waals surface area contributed by atoms with Gasteiger partial charge in [0.1, 0.15) is 0 Å². The van der Waals surface area contributed by atoms with E-state index in [1.165, 1.54) is 23.5 Å². The van der Waals surface area contributed by atoms with Crippen molar-refractivity contribution in [3.05, 3.63) is 69.1 Å². The Morgan fingerprint density at radius 2 is 1.74 bits per heavy atom. The van der Waals surface area contributed by atoms with Crippen molar-refractivity contribution in [1.29, 1.82) is 0 Å². The normalized spacial score (nSPS) is 10.5. The highest BCUT2D eigenvalue weighted by Gasteiger charge is 2.09. The number of anilines is 2. The standard InChI is InChI=1S/C17H15N3O2S/c1-11-4-3-5-12(2)16(11)19-17-18-15(10-23-17)13-6-8-14(9-7-13)20(21)22/h3-10H,1-2H3,(H,18,19). The largest absolute Gasteiger partial charge is 0.331 e. The molecule has 0 radical (unpaired) electrons. The molecule has 0 aliphatic heterocycles. The van der Waals surface area contributed by atoms with E-state index in [1.54, 1.807) is 12.1 Å². The fraction of sp³-hybridized carbons (Fsp3) is 0.118. The summed E-state index contributed by atoms with van der Waals surface area (Å²) in [6.45, 7) is 4.11. The summed E-state index contributed by atoms with van der Waals surface area (Å²) >= 11 is 1.51. The lowest BCUT2D eigenvalue weighted by atomic mass is 10.1. The molecule has 0 atom stereocenters. The van der Waals surface area contributed by atoms with Gasteiger partial charge in [-0.05, 0) is 37.1 Å². The van der Waals surface area contributed by atoms with Crippen molar-refractivity contribution in [1.82, 2.24) is 4.98 Å². The van der Waals surface area contributed by atoms with Gasteiger partial charge in [-0.2, -0.15) is 0 Å². The van der Waals surface area contributed by atoms with Gasteiger partial charge in [0.2, 0.25) is 0 Å². The highest BCUT2D eigenvalue weighted by Crippen LogP contribution is 2.30. The minimum absolute atomic E-state index is 0.0814. The van der Waals surface area contributed by atoms with E-state index in [1.807, 2.05) is 11.4 Å². The summed E-state index contributed by atoms with van der Waals surface area (Å²) in [5.74, 6) is 0. The molecule has 1 heterocycles. The van der Waals surface area contributed by atoms with E-state index in [9.17, 15) is 10.1 Å². The van der Waals surface area contributed by atoms with Gasteiger partial charge in [-0.25, -0.2) is 4.98 Å². The number of benzene rings is 2. The topological polar surface area (TPSA) is 68.1 Å². The second-order valence-electron chi connectivity index (χ2n) is 5.23. The lowest BCUT2D eigenvalue weighted by molar-refractivity contribution is -0.384. The Labute approximate surface area is 137 Å². The van der Waals surface area contributed by atoms with Crippen LogP contribution in [0.15, 0.2) is 47.8 Å². The molecule has 0 amide bonds. The third-order valence-electron chi connectivity index (χ3n) is 3.59. The van der Waals surface area contributed by atoms with Crippen LogP contribution in [0.4, 0.5) is 16.5 Å². The molecule has 116 valence electrons. The highest BCUT2D eigenvalue weighted by molar-refractivity contribution is 7.14. The number of rotatable bonds is 4. The molecule has 1 N–H and O–H groups in total. The van der Waals surface area contributed by atoms with Crippen molar-refractivity contribution in [3.8, 4) is 11.3 Å². The minimum Gasteiger partial charge on any atom is -0.331 e. The van der Waals surface area contributed by atoms with Crippen LogP contribution in [0.25, 0.3) is 11.3 Å². The number of nitro benzene ring substituents is 1. The molecule has 2 aromatic carbocycles. The summed E-state index contributed by atoms with van der Waals surface area (Å²) < 4.78 is 0. The molecule has 0 saturated carbocycles. The van der Waals surface area contributed by atoms with Crippen molar-refractivity contribution < 1.29 is 4.92 Å². The first kappa shape index (κ1) is 15.2. The maximum atomic E-state index is 10.7. The summed E-state index contributed by atoms with van der Waals surface area (Å²) in [5.41, 5.74) is 5.14. The molecular formula is C17H15N3O2S. The van der Waals surface area contributed by atoms with Crippen LogP contribution in [-0.4, -0.2) is 9.91 Å². The lowest BCUT2D eigenvalue weighted by Crippen LogP contribution is -1.95. The van der Waals surface area contributed by atoms with Gasteiger partial charge in [-0.1, -0.05) is 18.2 Å². The van der Waals surface area contributed by atoms with E-state index in [-0.39, 0.29) is 5.69 Å². The zero-order valence-electron chi connectivity index (χ0n) is 12.7. The second kappa shape index (κ2) is 6.18. The minimum atomic E-state index is -0.404. The van der Waals surface area contributed by atoms with Crippen molar-refractivity contribution >= 4 is 27.8 Å².